The molecule has 0 aliphatic rings. The van der Waals surface area contributed by atoms with Gasteiger partial charge in [0, 0.05) is 5.88 Å². The second-order valence-electron chi connectivity index (χ2n) is 2.47. The van der Waals surface area contributed by atoms with Crippen molar-refractivity contribution in [2.75, 3.05) is 5.88 Å². The van der Waals surface area contributed by atoms with Gasteiger partial charge in [0.05, 0.1) is 6.21 Å². The Morgan fingerprint density at radius 1 is 1.38 bits per heavy atom. The van der Waals surface area contributed by atoms with Crippen molar-refractivity contribution < 1.29 is 5.21 Å². The number of benzene rings is 1. The molecule has 1 aromatic rings. The van der Waals surface area contributed by atoms with Crippen LogP contribution in [0.3, 0.4) is 0 Å². The average Bonchev–Trinajstić information content (AvgIpc) is 2.16. The van der Waals surface area contributed by atoms with Gasteiger partial charge in [-0.1, -0.05) is 35.5 Å². The maximum Gasteiger partial charge on any atom is 0.0734 e. The fraction of sp³-hybridized carbons (Fsp3) is 0.100. The van der Waals surface area contributed by atoms with Gasteiger partial charge in [-0.25, -0.2) is 0 Å². The lowest BCUT2D eigenvalue weighted by Crippen LogP contribution is -1.81. The Kier molecular flexibility index (Phi) is 4.06. The van der Waals surface area contributed by atoms with Crippen LogP contribution >= 0.6 is 11.6 Å². The highest BCUT2D eigenvalue weighted by Gasteiger charge is 1.89. The van der Waals surface area contributed by atoms with E-state index in [1.54, 1.807) is 0 Å². The van der Waals surface area contributed by atoms with Crippen molar-refractivity contribution in [3.63, 3.8) is 0 Å². The topological polar surface area (TPSA) is 32.6 Å². The summed E-state index contributed by atoms with van der Waals surface area (Å²) < 4.78 is 0. The molecular weight excluding hydrogens is 186 g/mol. The van der Waals surface area contributed by atoms with Gasteiger partial charge in [-0.3, -0.25) is 0 Å². The predicted molar refractivity (Wildman–Crippen MR) is 55.6 cm³/mol. The maximum atomic E-state index is 8.32. The van der Waals surface area contributed by atoms with Gasteiger partial charge < -0.3 is 5.21 Å². The molecule has 0 aliphatic heterocycles. The molecular formula is C10H10ClNO. The van der Waals surface area contributed by atoms with Crippen molar-refractivity contribution in [2.24, 2.45) is 5.16 Å². The van der Waals surface area contributed by atoms with Crippen molar-refractivity contribution in [1.29, 1.82) is 0 Å². The molecule has 0 aromatic heterocycles. The molecule has 1 N–H and O–H groups in total. The zero-order valence-corrected chi connectivity index (χ0v) is 7.78. The third kappa shape index (κ3) is 3.30. The normalized spacial score (nSPS) is 11.5. The standard InChI is InChI=1S/C10H10ClNO/c11-6-2-5-9-3-1-4-10(7-9)8-12-13/h1-5,7-8,13H,6H2. The minimum atomic E-state index is 0.498. The van der Waals surface area contributed by atoms with E-state index in [1.165, 1.54) is 6.21 Å². The van der Waals surface area contributed by atoms with E-state index in [0.717, 1.165) is 11.1 Å². The third-order valence-corrected chi connectivity index (χ3v) is 1.70. The summed E-state index contributed by atoms with van der Waals surface area (Å²) in [5.74, 6) is 0.498. The molecule has 0 radical (unpaired) electrons. The fourth-order valence-electron chi connectivity index (χ4n) is 0.990. The monoisotopic (exact) mass is 195 g/mol. The van der Waals surface area contributed by atoms with E-state index in [4.69, 9.17) is 16.8 Å². The lowest BCUT2D eigenvalue weighted by Gasteiger charge is -1.94. The van der Waals surface area contributed by atoms with E-state index in [9.17, 15) is 0 Å². The van der Waals surface area contributed by atoms with Crippen LogP contribution in [0.1, 0.15) is 11.1 Å². The van der Waals surface area contributed by atoms with E-state index < -0.39 is 0 Å². The van der Waals surface area contributed by atoms with Crippen molar-refractivity contribution in [1.82, 2.24) is 0 Å². The van der Waals surface area contributed by atoms with Crippen LogP contribution < -0.4 is 0 Å². The first-order valence-electron chi connectivity index (χ1n) is 3.87. The second-order valence-corrected chi connectivity index (χ2v) is 2.78. The summed E-state index contributed by atoms with van der Waals surface area (Å²) >= 11 is 5.50. The molecule has 68 valence electrons. The Morgan fingerprint density at radius 2 is 2.15 bits per heavy atom. The first-order chi connectivity index (χ1) is 6.36. The molecule has 0 spiro atoms. The largest absolute Gasteiger partial charge is 0.411 e. The molecule has 0 bridgehead atoms. The highest BCUT2D eigenvalue weighted by molar-refractivity contribution is 6.19. The lowest BCUT2D eigenvalue weighted by atomic mass is 10.1. The van der Waals surface area contributed by atoms with Gasteiger partial charge in [-0.15, -0.1) is 11.6 Å². The van der Waals surface area contributed by atoms with Crippen molar-refractivity contribution in [3.05, 3.63) is 41.5 Å². The van der Waals surface area contributed by atoms with Crippen LogP contribution in [0.25, 0.3) is 6.08 Å². The molecule has 2 nitrogen and oxygen atoms in total. The molecule has 0 amide bonds. The minimum absolute atomic E-state index is 0.498. The fourth-order valence-corrected chi connectivity index (χ4v) is 1.08. The van der Waals surface area contributed by atoms with Crippen LogP contribution in [0.4, 0.5) is 0 Å². The number of rotatable bonds is 3. The molecule has 0 unspecified atom stereocenters. The zero-order valence-electron chi connectivity index (χ0n) is 7.02. The van der Waals surface area contributed by atoms with E-state index >= 15 is 0 Å². The van der Waals surface area contributed by atoms with Crippen LogP contribution in [-0.2, 0) is 0 Å². The maximum absolute atomic E-state index is 8.32. The van der Waals surface area contributed by atoms with Gasteiger partial charge in [0.15, 0.2) is 0 Å². The third-order valence-electron chi connectivity index (χ3n) is 1.52. The molecule has 0 aliphatic carbocycles. The van der Waals surface area contributed by atoms with Gasteiger partial charge in [0.2, 0.25) is 0 Å². The van der Waals surface area contributed by atoms with Crippen LogP contribution in [0, 0.1) is 0 Å². The molecule has 0 fully saturated rings. The number of alkyl halides is 1. The summed E-state index contributed by atoms with van der Waals surface area (Å²) in [4.78, 5) is 0. The summed E-state index contributed by atoms with van der Waals surface area (Å²) in [6.07, 6.45) is 5.16. The Bertz CT molecular complexity index is 320. The number of nitrogens with zero attached hydrogens (tertiary/aromatic N) is 1. The Balaban J connectivity index is 2.85. The van der Waals surface area contributed by atoms with Crippen molar-refractivity contribution in [2.45, 2.75) is 0 Å². The van der Waals surface area contributed by atoms with Crippen molar-refractivity contribution >= 4 is 23.9 Å². The van der Waals surface area contributed by atoms with Gasteiger partial charge in [0.25, 0.3) is 0 Å². The summed E-state index contributed by atoms with van der Waals surface area (Å²) in [6, 6.07) is 7.61. The number of hydrogen-bond acceptors (Lipinski definition) is 2. The summed E-state index contributed by atoms with van der Waals surface area (Å²) in [5, 5.41) is 11.3. The first kappa shape index (κ1) is 9.81. The van der Waals surface area contributed by atoms with Crippen LogP contribution in [-0.4, -0.2) is 17.3 Å². The second kappa shape index (κ2) is 5.38. The molecule has 13 heavy (non-hydrogen) atoms. The summed E-state index contributed by atoms with van der Waals surface area (Å²) in [6.45, 7) is 0. The van der Waals surface area contributed by atoms with Crippen LogP contribution in [0.15, 0.2) is 35.5 Å². The van der Waals surface area contributed by atoms with Gasteiger partial charge in [-0.2, -0.15) is 0 Å². The average molecular weight is 196 g/mol. The summed E-state index contributed by atoms with van der Waals surface area (Å²) in [5.41, 5.74) is 1.90. The van der Waals surface area contributed by atoms with Gasteiger partial charge >= 0.3 is 0 Å². The zero-order chi connectivity index (χ0) is 9.52. The van der Waals surface area contributed by atoms with Crippen LogP contribution in [0.2, 0.25) is 0 Å². The minimum Gasteiger partial charge on any atom is -0.411 e. The predicted octanol–water partition coefficient (Wildman–Crippen LogP) is 2.75. The molecule has 0 atom stereocenters. The van der Waals surface area contributed by atoms with E-state index in [0.29, 0.717) is 5.88 Å². The molecule has 3 heteroatoms. The van der Waals surface area contributed by atoms with E-state index in [-0.39, 0.29) is 0 Å². The summed E-state index contributed by atoms with van der Waals surface area (Å²) in [7, 11) is 0. The molecule has 0 saturated carbocycles. The molecule has 1 aromatic carbocycles. The molecule has 0 saturated heterocycles. The Morgan fingerprint density at radius 3 is 2.85 bits per heavy atom. The first-order valence-corrected chi connectivity index (χ1v) is 4.40. The number of oxime groups is 1. The SMILES string of the molecule is ON=Cc1cccc(C=CCCl)c1. The highest BCUT2D eigenvalue weighted by atomic mass is 35.5. The Hall–Kier alpha value is -1.28. The van der Waals surface area contributed by atoms with Crippen LogP contribution in [0.5, 0.6) is 0 Å². The number of halogens is 1. The number of allylic oxidation sites excluding steroid dienone is 1. The molecule has 0 heterocycles. The van der Waals surface area contributed by atoms with Crippen molar-refractivity contribution in [3.8, 4) is 0 Å². The quantitative estimate of drug-likeness (QED) is 0.342. The van der Waals surface area contributed by atoms with E-state index in [2.05, 4.69) is 5.16 Å². The van der Waals surface area contributed by atoms with Gasteiger partial charge in [-0.05, 0) is 17.2 Å². The molecule has 1 rings (SSSR count). The highest BCUT2D eigenvalue weighted by Crippen LogP contribution is 2.05. The Labute approximate surface area is 82.1 Å². The van der Waals surface area contributed by atoms with E-state index in [1.807, 2.05) is 36.4 Å². The smallest absolute Gasteiger partial charge is 0.0734 e. The van der Waals surface area contributed by atoms with Gasteiger partial charge in [0.1, 0.15) is 0 Å². The number of hydrogen-bond donors (Lipinski definition) is 1. The lowest BCUT2D eigenvalue weighted by molar-refractivity contribution is 0.322.